The maximum absolute atomic E-state index is 13.0. The lowest BCUT2D eigenvalue weighted by molar-refractivity contribution is 0.683. The summed E-state index contributed by atoms with van der Waals surface area (Å²) in [4.78, 5) is 0.268. The molecule has 11 heteroatoms. The molecule has 1 heterocycles. The van der Waals surface area contributed by atoms with Crippen molar-refractivity contribution in [1.82, 2.24) is 0 Å². The Morgan fingerprint density at radius 1 is 0.522 bits per heavy atom. The van der Waals surface area contributed by atoms with Gasteiger partial charge in [0.15, 0.2) is 0 Å². The van der Waals surface area contributed by atoms with Crippen LogP contribution in [0.2, 0.25) is 40.2 Å². The topological polar surface area (TPSA) is 29.1 Å². The van der Waals surface area contributed by atoms with Crippen LogP contribution in [0.5, 0.6) is 0 Å². The summed E-state index contributed by atoms with van der Waals surface area (Å²) in [5.74, 6) is 0. The summed E-state index contributed by atoms with van der Waals surface area (Å²) >= 11 is 48.8. The Morgan fingerprint density at radius 3 is 1.17 bits per heavy atom. The molecule has 1 aliphatic heterocycles. The molecule has 0 aromatic heterocycles. The van der Waals surface area contributed by atoms with Crippen molar-refractivity contribution >= 4 is 115 Å². The fourth-order valence-electron chi connectivity index (χ4n) is 2.02. The van der Waals surface area contributed by atoms with E-state index < -0.39 is 10.8 Å². The fraction of sp³-hybridized carbons (Fsp3) is 0. The standard InChI is InChI=1S/C12HCl8NOS/c13-1-3(15)7(19)11-9(5(1)17)21-10-6(18)2(14)4(16)8(20)12(10)23(11)22/h21H. The molecular formula is C12HCl8NOS. The average molecular weight is 491 g/mol. The number of hydrogen-bond acceptors (Lipinski definition) is 2. The third kappa shape index (κ3) is 2.64. The van der Waals surface area contributed by atoms with Gasteiger partial charge in [-0.3, -0.25) is 0 Å². The highest BCUT2D eigenvalue weighted by atomic mass is 35.5. The smallest absolute Gasteiger partial charge is 0.0924 e. The highest BCUT2D eigenvalue weighted by Gasteiger charge is 2.35. The normalized spacial score (nSPS) is 13.6. The number of benzene rings is 2. The average Bonchev–Trinajstić information content (AvgIpc) is 2.53. The Balaban J connectivity index is 2.43. The van der Waals surface area contributed by atoms with Crippen molar-refractivity contribution in [2.75, 3.05) is 5.32 Å². The van der Waals surface area contributed by atoms with E-state index >= 15 is 0 Å². The van der Waals surface area contributed by atoms with Gasteiger partial charge in [-0.2, -0.15) is 0 Å². The van der Waals surface area contributed by atoms with Gasteiger partial charge >= 0.3 is 0 Å². The predicted molar refractivity (Wildman–Crippen MR) is 101 cm³/mol. The van der Waals surface area contributed by atoms with E-state index in [1.54, 1.807) is 0 Å². The van der Waals surface area contributed by atoms with E-state index in [1.807, 2.05) is 0 Å². The lowest BCUT2D eigenvalue weighted by Crippen LogP contribution is -2.12. The van der Waals surface area contributed by atoms with Crippen LogP contribution in [0.15, 0.2) is 9.79 Å². The molecule has 1 aliphatic rings. The number of nitrogens with one attached hydrogen (secondary N) is 1. The first-order valence-corrected chi connectivity index (χ1v) is 9.76. The monoisotopic (exact) mass is 487 g/mol. The third-order valence-corrected chi connectivity index (χ3v) is 8.46. The summed E-state index contributed by atoms with van der Waals surface area (Å²) in [6, 6.07) is 0. The highest BCUT2D eigenvalue weighted by molar-refractivity contribution is 7.85. The van der Waals surface area contributed by atoms with Gasteiger partial charge < -0.3 is 5.32 Å². The maximum Gasteiger partial charge on any atom is 0.0924 e. The SMILES string of the molecule is O=S1c2c(Cl)c(Cl)c(Cl)c(Cl)c2Nc2c(Cl)c(Cl)c(Cl)c(Cl)c21. The van der Waals surface area contributed by atoms with Gasteiger partial charge in [0.2, 0.25) is 0 Å². The van der Waals surface area contributed by atoms with Crippen LogP contribution in [-0.4, -0.2) is 4.21 Å². The van der Waals surface area contributed by atoms with Crippen molar-refractivity contribution in [1.29, 1.82) is 0 Å². The molecule has 2 nitrogen and oxygen atoms in total. The molecule has 0 atom stereocenters. The molecule has 2 aromatic carbocycles. The molecule has 0 spiro atoms. The van der Waals surface area contributed by atoms with Crippen LogP contribution in [0, 0.1) is 0 Å². The minimum Gasteiger partial charge on any atom is -0.351 e. The van der Waals surface area contributed by atoms with Crippen molar-refractivity contribution < 1.29 is 4.21 Å². The molecule has 2 aromatic rings. The predicted octanol–water partition coefficient (Wildman–Crippen LogP) is 8.14. The summed E-state index contributed by atoms with van der Waals surface area (Å²) in [6.07, 6.45) is 0. The minimum absolute atomic E-state index is 0.00851. The summed E-state index contributed by atoms with van der Waals surface area (Å²) in [5.41, 5.74) is 0.432. The molecular weight excluding hydrogens is 490 g/mol. The van der Waals surface area contributed by atoms with Crippen molar-refractivity contribution in [2.45, 2.75) is 9.79 Å². The molecule has 1 N–H and O–H groups in total. The second kappa shape index (κ2) is 6.46. The van der Waals surface area contributed by atoms with E-state index in [2.05, 4.69) is 5.32 Å². The molecule has 0 amide bonds. The number of fused-ring (bicyclic) bond motifs is 2. The molecule has 3 rings (SSSR count). The first-order chi connectivity index (χ1) is 10.7. The van der Waals surface area contributed by atoms with Gasteiger partial charge in [-0.05, 0) is 0 Å². The Labute approximate surface area is 173 Å². The summed E-state index contributed by atoms with van der Waals surface area (Å²) in [7, 11) is -1.85. The molecule has 0 saturated carbocycles. The molecule has 0 bridgehead atoms. The Bertz CT molecular complexity index is 842. The Morgan fingerprint density at radius 2 is 0.826 bits per heavy atom. The zero-order valence-corrected chi connectivity index (χ0v) is 17.2. The first kappa shape index (κ1) is 18.5. The van der Waals surface area contributed by atoms with E-state index in [-0.39, 0.29) is 61.3 Å². The zero-order valence-electron chi connectivity index (χ0n) is 10.3. The van der Waals surface area contributed by atoms with Gasteiger partial charge in [-0.25, -0.2) is 4.21 Å². The molecule has 0 aliphatic carbocycles. The van der Waals surface area contributed by atoms with Crippen molar-refractivity contribution in [2.24, 2.45) is 0 Å². The summed E-state index contributed by atoms with van der Waals surface area (Å²) in [5, 5.41) is 3.00. The molecule has 0 unspecified atom stereocenters. The van der Waals surface area contributed by atoms with Gasteiger partial charge in [0, 0.05) is 0 Å². The van der Waals surface area contributed by atoms with Crippen molar-refractivity contribution in [3.63, 3.8) is 0 Å². The molecule has 0 radical (unpaired) electrons. The van der Waals surface area contributed by atoms with Gasteiger partial charge in [0.1, 0.15) is 0 Å². The van der Waals surface area contributed by atoms with Crippen LogP contribution in [0.1, 0.15) is 0 Å². The van der Waals surface area contributed by atoms with Crippen LogP contribution in [0.3, 0.4) is 0 Å². The van der Waals surface area contributed by atoms with Gasteiger partial charge in [0.05, 0.1) is 72.1 Å². The second-order valence-corrected chi connectivity index (χ2v) is 8.69. The van der Waals surface area contributed by atoms with Gasteiger partial charge in [-0.1, -0.05) is 92.8 Å². The lowest BCUT2D eigenvalue weighted by Gasteiger charge is -2.26. The van der Waals surface area contributed by atoms with E-state index in [1.165, 1.54) is 0 Å². The van der Waals surface area contributed by atoms with Crippen LogP contribution in [-0.2, 0) is 10.8 Å². The third-order valence-electron chi connectivity index (χ3n) is 3.07. The van der Waals surface area contributed by atoms with Crippen LogP contribution in [0.4, 0.5) is 11.4 Å². The van der Waals surface area contributed by atoms with Crippen LogP contribution < -0.4 is 5.32 Å². The van der Waals surface area contributed by atoms with E-state index in [0.717, 1.165) is 0 Å². The van der Waals surface area contributed by atoms with E-state index in [4.69, 9.17) is 92.8 Å². The quantitative estimate of drug-likeness (QED) is 0.254. The lowest BCUT2D eigenvalue weighted by atomic mass is 10.2. The fourth-order valence-corrected chi connectivity index (χ4v) is 5.88. The van der Waals surface area contributed by atoms with Crippen LogP contribution in [0.25, 0.3) is 0 Å². The van der Waals surface area contributed by atoms with E-state index in [0.29, 0.717) is 0 Å². The Hall–Kier alpha value is 0.710. The minimum atomic E-state index is -1.85. The van der Waals surface area contributed by atoms with Crippen molar-refractivity contribution in [3.05, 3.63) is 40.2 Å². The largest absolute Gasteiger partial charge is 0.351 e. The summed E-state index contributed by atoms with van der Waals surface area (Å²) in [6.45, 7) is 0. The van der Waals surface area contributed by atoms with E-state index in [9.17, 15) is 4.21 Å². The van der Waals surface area contributed by atoms with Gasteiger partial charge in [-0.15, -0.1) is 0 Å². The Kier molecular flexibility index (Phi) is 5.19. The molecule has 0 saturated heterocycles. The molecule has 23 heavy (non-hydrogen) atoms. The summed E-state index contributed by atoms with van der Waals surface area (Å²) < 4.78 is 13.0. The number of rotatable bonds is 0. The molecule has 122 valence electrons. The maximum atomic E-state index is 13.0. The number of halogens is 8. The number of anilines is 2. The van der Waals surface area contributed by atoms with Gasteiger partial charge in [0.25, 0.3) is 0 Å². The molecule has 0 fully saturated rings. The first-order valence-electron chi connectivity index (χ1n) is 5.59. The van der Waals surface area contributed by atoms with Crippen LogP contribution >= 0.6 is 92.8 Å². The highest BCUT2D eigenvalue weighted by Crippen LogP contribution is 2.55. The van der Waals surface area contributed by atoms with Crippen molar-refractivity contribution in [3.8, 4) is 0 Å². The number of hydrogen-bond donors (Lipinski definition) is 1. The second-order valence-electron chi connectivity index (χ2n) is 4.31. The zero-order chi connectivity index (χ0) is 17.2.